The van der Waals surface area contributed by atoms with E-state index in [0.717, 1.165) is 70.3 Å². The Kier molecular flexibility index (Phi) is 7.18. The molecular formula is C21H30ClN3O3. The van der Waals surface area contributed by atoms with Crippen LogP contribution in [0.4, 0.5) is 4.79 Å². The van der Waals surface area contributed by atoms with Crippen LogP contribution < -0.4 is 10.1 Å². The average molecular weight is 408 g/mol. The van der Waals surface area contributed by atoms with Crippen molar-refractivity contribution < 1.29 is 14.3 Å². The number of aryl methyl sites for hydroxylation is 1. The zero-order valence-electron chi connectivity index (χ0n) is 16.3. The average Bonchev–Trinajstić information content (AvgIpc) is 2.95. The van der Waals surface area contributed by atoms with Gasteiger partial charge in [0.1, 0.15) is 17.9 Å². The fourth-order valence-electron chi connectivity index (χ4n) is 4.36. The van der Waals surface area contributed by atoms with Crippen molar-refractivity contribution in [3.63, 3.8) is 0 Å². The molecule has 4 rings (SSSR count). The van der Waals surface area contributed by atoms with E-state index in [9.17, 15) is 9.59 Å². The normalized spacial score (nSPS) is 23.7. The lowest BCUT2D eigenvalue weighted by atomic mass is 10.0. The van der Waals surface area contributed by atoms with E-state index in [1.54, 1.807) is 4.90 Å². The van der Waals surface area contributed by atoms with Gasteiger partial charge in [-0.15, -0.1) is 12.4 Å². The molecule has 0 saturated carbocycles. The minimum atomic E-state index is -0.185. The maximum absolute atomic E-state index is 12.4. The first-order valence-corrected chi connectivity index (χ1v) is 10.3. The summed E-state index contributed by atoms with van der Waals surface area (Å²) in [5.41, 5.74) is 1.30. The molecule has 3 aliphatic heterocycles. The van der Waals surface area contributed by atoms with Crippen molar-refractivity contribution in [2.24, 2.45) is 0 Å². The first-order chi connectivity index (χ1) is 13.2. The molecule has 1 aromatic rings. The number of urea groups is 1. The molecule has 2 saturated heterocycles. The summed E-state index contributed by atoms with van der Waals surface area (Å²) in [4.78, 5) is 28.0. The number of imide groups is 1. The van der Waals surface area contributed by atoms with Crippen LogP contribution in [0.5, 0.6) is 5.75 Å². The number of nitrogens with one attached hydrogen (secondary N) is 1. The summed E-state index contributed by atoms with van der Waals surface area (Å²) in [6.07, 6.45) is 7.01. The van der Waals surface area contributed by atoms with Gasteiger partial charge in [0.15, 0.2) is 0 Å². The number of para-hydroxylation sites is 1. The summed E-state index contributed by atoms with van der Waals surface area (Å²) in [6.45, 7) is 2.99. The molecule has 28 heavy (non-hydrogen) atoms. The molecule has 2 unspecified atom stereocenters. The number of unbranched alkanes of at least 4 members (excludes halogenated alkanes) is 1. The highest BCUT2D eigenvalue weighted by Crippen LogP contribution is 2.27. The van der Waals surface area contributed by atoms with Crippen LogP contribution in [0, 0.1) is 0 Å². The van der Waals surface area contributed by atoms with Gasteiger partial charge in [-0.2, -0.15) is 0 Å². The van der Waals surface area contributed by atoms with Crippen LogP contribution in [-0.2, 0) is 11.2 Å². The third-order valence-electron chi connectivity index (χ3n) is 5.89. The van der Waals surface area contributed by atoms with Crippen LogP contribution in [0.3, 0.4) is 0 Å². The smallest absolute Gasteiger partial charge is 0.327 e. The van der Waals surface area contributed by atoms with Gasteiger partial charge in [0.2, 0.25) is 0 Å². The van der Waals surface area contributed by atoms with Crippen molar-refractivity contribution in [1.29, 1.82) is 0 Å². The highest BCUT2D eigenvalue weighted by molar-refractivity contribution is 6.04. The maximum atomic E-state index is 12.4. The Bertz CT molecular complexity index is 675. The molecule has 2 atom stereocenters. The second-order valence-electron chi connectivity index (χ2n) is 7.77. The second kappa shape index (κ2) is 9.61. The first kappa shape index (κ1) is 20.9. The van der Waals surface area contributed by atoms with E-state index < -0.39 is 0 Å². The summed E-state index contributed by atoms with van der Waals surface area (Å²) in [6, 6.07) is 7.99. The van der Waals surface area contributed by atoms with Gasteiger partial charge < -0.3 is 15.0 Å². The van der Waals surface area contributed by atoms with E-state index in [1.807, 2.05) is 12.1 Å². The lowest BCUT2D eigenvalue weighted by Crippen LogP contribution is -2.39. The molecule has 1 aromatic carbocycles. The van der Waals surface area contributed by atoms with Gasteiger partial charge in [-0.3, -0.25) is 9.69 Å². The van der Waals surface area contributed by atoms with E-state index in [-0.39, 0.29) is 36.5 Å². The largest absolute Gasteiger partial charge is 0.489 e. The van der Waals surface area contributed by atoms with Crippen LogP contribution in [0.1, 0.15) is 44.1 Å². The summed E-state index contributed by atoms with van der Waals surface area (Å²) in [7, 11) is 0. The summed E-state index contributed by atoms with van der Waals surface area (Å²) < 4.78 is 6.04. The molecule has 0 aromatic heterocycles. The number of amides is 3. The van der Waals surface area contributed by atoms with Crippen molar-refractivity contribution in [2.75, 3.05) is 26.2 Å². The number of piperidine rings is 1. The van der Waals surface area contributed by atoms with E-state index in [0.29, 0.717) is 6.54 Å². The summed E-state index contributed by atoms with van der Waals surface area (Å²) in [5, 5.41) is 3.46. The molecule has 6 nitrogen and oxygen atoms in total. The van der Waals surface area contributed by atoms with Crippen molar-refractivity contribution in [3.05, 3.63) is 29.8 Å². The third kappa shape index (κ3) is 4.44. The molecule has 154 valence electrons. The topological polar surface area (TPSA) is 61.9 Å². The van der Waals surface area contributed by atoms with Gasteiger partial charge in [0.25, 0.3) is 5.91 Å². The lowest BCUT2D eigenvalue weighted by Gasteiger charge is -2.26. The number of rotatable bonds is 7. The minimum absolute atomic E-state index is 0. The van der Waals surface area contributed by atoms with Crippen LogP contribution in [0.25, 0.3) is 0 Å². The van der Waals surface area contributed by atoms with E-state index in [2.05, 4.69) is 17.4 Å². The Labute approximate surface area is 173 Å². The van der Waals surface area contributed by atoms with Crippen molar-refractivity contribution in [3.8, 4) is 5.75 Å². The van der Waals surface area contributed by atoms with Gasteiger partial charge in [-0.1, -0.05) is 18.2 Å². The number of ether oxygens (including phenoxy) is 1. The number of hydrogen-bond donors (Lipinski definition) is 1. The molecule has 1 N–H and O–H groups in total. The minimum Gasteiger partial charge on any atom is -0.489 e. The number of benzene rings is 1. The van der Waals surface area contributed by atoms with Crippen LogP contribution in [0.2, 0.25) is 0 Å². The number of carbonyl (C=O) groups is 2. The fourth-order valence-corrected chi connectivity index (χ4v) is 4.36. The molecule has 2 fully saturated rings. The molecule has 3 amide bonds. The maximum Gasteiger partial charge on any atom is 0.327 e. The Morgan fingerprint density at radius 3 is 2.82 bits per heavy atom. The lowest BCUT2D eigenvalue weighted by molar-refractivity contribution is -0.128. The monoisotopic (exact) mass is 407 g/mol. The zero-order valence-corrected chi connectivity index (χ0v) is 17.1. The summed E-state index contributed by atoms with van der Waals surface area (Å²) >= 11 is 0. The molecule has 0 spiro atoms. The predicted molar refractivity (Wildman–Crippen MR) is 110 cm³/mol. The second-order valence-corrected chi connectivity index (χ2v) is 7.77. The van der Waals surface area contributed by atoms with Gasteiger partial charge in [0, 0.05) is 19.6 Å². The standard InChI is InChI=1S/C21H29N3O3.ClH/c25-20-18-8-3-5-13-23(18)21(26)24(20)14-6-4-12-22-15-17-11-10-16-7-1-2-9-19(16)27-17;/h1-2,7,9,17-18,22H,3-6,8,10-15H2;1H. The molecule has 3 heterocycles. The number of hydrogen-bond acceptors (Lipinski definition) is 4. The predicted octanol–water partition coefficient (Wildman–Crippen LogP) is 2.99. The van der Waals surface area contributed by atoms with Crippen molar-refractivity contribution >= 4 is 24.3 Å². The Morgan fingerprint density at radius 1 is 1.11 bits per heavy atom. The Hall–Kier alpha value is -1.79. The number of halogens is 1. The van der Waals surface area contributed by atoms with Gasteiger partial charge >= 0.3 is 6.03 Å². The first-order valence-electron chi connectivity index (χ1n) is 10.3. The molecule has 3 aliphatic rings. The van der Waals surface area contributed by atoms with Gasteiger partial charge in [0.05, 0.1) is 0 Å². The SMILES string of the molecule is Cl.O=C1C2CCCCN2C(=O)N1CCCCNCC1CCc2ccccc2O1. The van der Waals surface area contributed by atoms with Gasteiger partial charge in [-0.05, 0) is 63.1 Å². The molecule has 7 heteroatoms. The van der Waals surface area contributed by atoms with Gasteiger partial charge in [-0.25, -0.2) is 4.79 Å². The quantitative estimate of drug-likeness (QED) is 0.557. The van der Waals surface area contributed by atoms with E-state index >= 15 is 0 Å². The molecule has 0 radical (unpaired) electrons. The number of carbonyl (C=O) groups excluding carboxylic acids is 2. The highest BCUT2D eigenvalue weighted by atomic mass is 35.5. The van der Waals surface area contributed by atoms with Crippen LogP contribution in [-0.4, -0.2) is 60.1 Å². The highest BCUT2D eigenvalue weighted by Gasteiger charge is 2.45. The van der Waals surface area contributed by atoms with E-state index in [1.165, 1.54) is 10.5 Å². The molecule has 0 aliphatic carbocycles. The molecular weight excluding hydrogens is 378 g/mol. The van der Waals surface area contributed by atoms with Crippen LogP contribution >= 0.6 is 12.4 Å². The molecule has 0 bridgehead atoms. The third-order valence-corrected chi connectivity index (χ3v) is 5.89. The number of fused-ring (bicyclic) bond motifs is 2. The van der Waals surface area contributed by atoms with Crippen molar-refractivity contribution in [2.45, 2.75) is 57.1 Å². The zero-order chi connectivity index (χ0) is 18.6. The fraction of sp³-hybridized carbons (Fsp3) is 0.619. The van der Waals surface area contributed by atoms with E-state index in [4.69, 9.17) is 4.74 Å². The number of nitrogens with zero attached hydrogens (tertiary/aromatic N) is 2. The Balaban J connectivity index is 0.00000225. The van der Waals surface area contributed by atoms with Crippen LogP contribution in [0.15, 0.2) is 24.3 Å². The summed E-state index contributed by atoms with van der Waals surface area (Å²) in [5.74, 6) is 1.03. The Morgan fingerprint density at radius 2 is 1.96 bits per heavy atom. The van der Waals surface area contributed by atoms with Crippen molar-refractivity contribution in [1.82, 2.24) is 15.1 Å².